The zero-order valence-corrected chi connectivity index (χ0v) is 16.6. The molecule has 4 aromatic rings. The van der Waals surface area contributed by atoms with Crippen LogP contribution in [0.25, 0.3) is 21.8 Å². The minimum Gasteiger partial charge on any atom is -0.497 e. The first-order valence-corrected chi connectivity index (χ1v) is 10.1. The van der Waals surface area contributed by atoms with Gasteiger partial charge in [0.25, 0.3) is 0 Å². The summed E-state index contributed by atoms with van der Waals surface area (Å²) >= 11 is 1.47. The Morgan fingerprint density at radius 3 is 2.62 bits per heavy atom. The summed E-state index contributed by atoms with van der Waals surface area (Å²) in [5.74, 6) is 0.833. The second kappa shape index (κ2) is 8.75. The number of hydrogen-bond acceptors (Lipinski definition) is 5. The lowest BCUT2D eigenvalue weighted by Crippen LogP contribution is -2.19. The van der Waals surface area contributed by atoms with E-state index in [0.29, 0.717) is 0 Å². The summed E-state index contributed by atoms with van der Waals surface area (Å²) in [6.07, 6.45) is 1.63. The number of methoxy groups -OCH3 is 1. The number of benzene rings is 3. The molecule has 6 heteroatoms. The molecule has 0 bridgehead atoms. The third-order valence-electron chi connectivity index (χ3n) is 4.39. The van der Waals surface area contributed by atoms with Gasteiger partial charge in [-0.1, -0.05) is 48.5 Å². The Kier molecular flexibility index (Phi) is 5.72. The number of thioether (sulfide) groups is 1. The molecule has 0 radical (unpaired) electrons. The van der Waals surface area contributed by atoms with Crippen molar-refractivity contribution in [3.05, 3.63) is 78.4 Å². The predicted octanol–water partition coefficient (Wildman–Crippen LogP) is 4.64. The molecule has 0 fully saturated rings. The topological polar surface area (TPSA) is 63.6 Å². The second-order valence-corrected chi connectivity index (χ2v) is 7.32. The van der Waals surface area contributed by atoms with Crippen molar-refractivity contribution < 1.29 is 9.53 Å². The van der Waals surface area contributed by atoms with Gasteiger partial charge in [-0.25, -0.2) is 10.4 Å². The summed E-state index contributed by atoms with van der Waals surface area (Å²) in [5, 5.41) is 6.01. The van der Waals surface area contributed by atoms with Gasteiger partial charge in [0.15, 0.2) is 0 Å². The van der Waals surface area contributed by atoms with Crippen molar-refractivity contribution in [1.82, 2.24) is 10.4 Å². The van der Waals surface area contributed by atoms with E-state index >= 15 is 0 Å². The fraction of sp³-hybridized carbons (Fsp3) is 0.0870. The maximum Gasteiger partial charge on any atom is 0.250 e. The Balaban J connectivity index is 1.57. The highest BCUT2D eigenvalue weighted by Crippen LogP contribution is 2.35. The lowest BCUT2D eigenvalue weighted by Gasteiger charge is -2.11. The number of pyridine rings is 1. The van der Waals surface area contributed by atoms with Crippen LogP contribution in [0.5, 0.6) is 5.75 Å². The summed E-state index contributed by atoms with van der Waals surface area (Å²) in [5.41, 5.74) is 5.29. The molecule has 0 saturated carbocycles. The van der Waals surface area contributed by atoms with Crippen LogP contribution < -0.4 is 10.2 Å². The maximum absolute atomic E-state index is 12.3. The lowest BCUT2D eigenvalue weighted by molar-refractivity contribution is -0.118. The second-order valence-electron chi connectivity index (χ2n) is 6.33. The van der Waals surface area contributed by atoms with Gasteiger partial charge in [-0.05, 0) is 29.8 Å². The van der Waals surface area contributed by atoms with Crippen molar-refractivity contribution in [2.75, 3.05) is 12.9 Å². The molecular formula is C23H19N3O2S. The highest BCUT2D eigenvalue weighted by molar-refractivity contribution is 8.00. The number of carbonyl (C=O) groups is 1. The average Bonchev–Trinajstić information content (AvgIpc) is 2.77. The molecule has 0 saturated heterocycles. The Hall–Kier alpha value is -3.38. The summed E-state index contributed by atoms with van der Waals surface area (Å²) in [6, 6.07) is 23.4. The minimum atomic E-state index is -0.167. The third-order valence-corrected chi connectivity index (χ3v) is 5.52. The molecule has 1 heterocycles. The summed E-state index contributed by atoms with van der Waals surface area (Å²) in [7, 11) is 1.64. The number of ether oxygens (including phenoxy) is 1. The lowest BCUT2D eigenvalue weighted by atomic mass is 10.1. The van der Waals surface area contributed by atoms with Gasteiger partial charge >= 0.3 is 0 Å². The average molecular weight is 401 g/mol. The third kappa shape index (κ3) is 4.38. The van der Waals surface area contributed by atoms with Crippen LogP contribution in [0.1, 0.15) is 5.56 Å². The van der Waals surface area contributed by atoms with Gasteiger partial charge in [0.1, 0.15) is 5.75 Å². The molecule has 0 aliphatic carbocycles. The van der Waals surface area contributed by atoms with Crippen LogP contribution in [0.15, 0.2) is 82.8 Å². The Morgan fingerprint density at radius 1 is 1.03 bits per heavy atom. The van der Waals surface area contributed by atoms with Crippen molar-refractivity contribution in [1.29, 1.82) is 0 Å². The Bertz CT molecular complexity index is 1190. The van der Waals surface area contributed by atoms with Gasteiger partial charge in [-0.3, -0.25) is 4.79 Å². The number of para-hydroxylation sites is 1. The van der Waals surface area contributed by atoms with Crippen LogP contribution in [0.2, 0.25) is 0 Å². The van der Waals surface area contributed by atoms with E-state index in [2.05, 4.69) is 10.5 Å². The Labute approximate surface area is 172 Å². The van der Waals surface area contributed by atoms with Gasteiger partial charge in [0.05, 0.1) is 30.1 Å². The zero-order chi connectivity index (χ0) is 20.1. The Morgan fingerprint density at radius 2 is 1.79 bits per heavy atom. The molecule has 4 rings (SSSR count). The molecule has 0 aliphatic heterocycles. The monoisotopic (exact) mass is 401 g/mol. The number of nitrogens with one attached hydrogen (secondary N) is 1. The molecule has 29 heavy (non-hydrogen) atoms. The van der Waals surface area contributed by atoms with E-state index in [0.717, 1.165) is 38.0 Å². The fourth-order valence-electron chi connectivity index (χ4n) is 3.00. The molecule has 1 N–H and O–H groups in total. The molecule has 0 atom stereocenters. The van der Waals surface area contributed by atoms with Gasteiger partial charge in [-0.15, -0.1) is 11.8 Å². The SMILES string of the molecule is COc1ccc2nc3ccccc3c(SCC(=O)N/N=C/c3ccccc3)c2c1. The van der Waals surface area contributed by atoms with E-state index in [1.165, 1.54) is 11.8 Å². The minimum absolute atomic E-state index is 0.167. The first-order valence-electron chi connectivity index (χ1n) is 9.11. The summed E-state index contributed by atoms with van der Waals surface area (Å²) < 4.78 is 5.37. The van der Waals surface area contributed by atoms with E-state index in [9.17, 15) is 4.79 Å². The van der Waals surface area contributed by atoms with Crippen molar-refractivity contribution in [2.45, 2.75) is 4.90 Å². The van der Waals surface area contributed by atoms with Gasteiger partial charge < -0.3 is 4.74 Å². The van der Waals surface area contributed by atoms with E-state index in [1.807, 2.05) is 72.8 Å². The number of fused-ring (bicyclic) bond motifs is 2. The fourth-order valence-corrected chi connectivity index (χ4v) is 3.99. The van der Waals surface area contributed by atoms with Gasteiger partial charge in [0.2, 0.25) is 5.91 Å². The number of nitrogens with zero attached hydrogens (tertiary/aromatic N) is 2. The van der Waals surface area contributed by atoms with Crippen molar-refractivity contribution >= 4 is 45.7 Å². The van der Waals surface area contributed by atoms with Crippen LogP contribution in [0.3, 0.4) is 0 Å². The highest BCUT2D eigenvalue weighted by Gasteiger charge is 2.12. The molecule has 3 aromatic carbocycles. The largest absolute Gasteiger partial charge is 0.497 e. The standard InChI is InChI=1S/C23H19N3O2S/c1-28-17-11-12-21-19(13-17)23(18-9-5-6-10-20(18)25-21)29-15-22(27)26-24-14-16-7-3-2-4-8-16/h2-14H,15H2,1H3,(H,26,27)/b24-14+. The van der Waals surface area contributed by atoms with E-state index < -0.39 is 0 Å². The summed E-state index contributed by atoms with van der Waals surface area (Å²) in [6.45, 7) is 0. The molecule has 5 nitrogen and oxygen atoms in total. The number of carbonyl (C=O) groups excluding carboxylic acids is 1. The molecule has 1 amide bonds. The van der Waals surface area contributed by atoms with Crippen LogP contribution in [0.4, 0.5) is 0 Å². The maximum atomic E-state index is 12.3. The van der Waals surface area contributed by atoms with E-state index in [-0.39, 0.29) is 11.7 Å². The van der Waals surface area contributed by atoms with Crippen molar-refractivity contribution in [3.63, 3.8) is 0 Å². The number of amides is 1. The van der Waals surface area contributed by atoms with E-state index in [4.69, 9.17) is 9.72 Å². The smallest absolute Gasteiger partial charge is 0.250 e. The molecule has 0 aliphatic rings. The first-order chi connectivity index (χ1) is 14.2. The van der Waals surface area contributed by atoms with Crippen molar-refractivity contribution in [2.24, 2.45) is 5.10 Å². The van der Waals surface area contributed by atoms with Gasteiger partial charge in [0, 0.05) is 15.7 Å². The first kappa shape index (κ1) is 19.0. The van der Waals surface area contributed by atoms with Crippen LogP contribution in [-0.2, 0) is 4.79 Å². The predicted molar refractivity (Wildman–Crippen MR) is 119 cm³/mol. The number of aromatic nitrogens is 1. The number of hydrazone groups is 1. The molecule has 144 valence electrons. The van der Waals surface area contributed by atoms with Crippen LogP contribution >= 0.6 is 11.8 Å². The quantitative estimate of drug-likeness (QED) is 0.221. The van der Waals surface area contributed by atoms with Gasteiger partial charge in [-0.2, -0.15) is 5.10 Å². The molecule has 1 aromatic heterocycles. The highest BCUT2D eigenvalue weighted by atomic mass is 32.2. The number of rotatable bonds is 6. The molecule has 0 spiro atoms. The molecular weight excluding hydrogens is 382 g/mol. The zero-order valence-electron chi connectivity index (χ0n) is 15.8. The number of hydrogen-bond donors (Lipinski definition) is 1. The molecule has 0 unspecified atom stereocenters. The van der Waals surface area contributed by atoms with Crippen LogP contribution in [-0.4, -0.2) is 30.0 Å². The van der Waals surface area contributed by atoms with Crippen molar-refractivity contribution in [3.8, 4) is 5.75 Å². The van der Waals surface area contributed by atoms with E-state index in [1.54, 1.807) is 13.3 Å². The van der Waals surface area contributed by atoms with Crippen LogP contribution in [0, 0.1) is 0 Å². The normalized spacial score (nSPS) is 11.2. The summed E-state index contributed by atoms with van der Waals surface area (Å²) in [4.78, 5) is 18.1.